The maximum absolute atomic E-state index is 5.57. The van der Waals surface area contributed by atoms with Crippen LogP contribution in [0.15, 0.2) is 47.9 Å². The van der Waals surface area contributed by atoms with E-state index in [0.29, 0.717) is 0 Å². The van der Waals surface area contributed by atoms with E-state index >= 15 is 0 Å². The van der Waals surface area contributed by atoms with Crippen LogP contribution >= 0.6 is 0 Å². The molecule has 0 radical (unpaired) electrons. The van der Waals surface area contributed by atoms with E-state index in [9.17, 15) is 0 Å². The lowest BCUT2D eigenvalue weighted by Gasteiger charge is -2.26. The van der Waals surface area contributed by atoms with Gasteiger partial charge in [-0.25, -0.2) is 0 Å². The number of hydrogen-bond acceptors (Lipinski definition) is 4. The lowest BCUT2D eigenvalue weighted by Crippen LogP contribution is -2.33. The fourth-order valence-electron chi connectivity index (χ4n) is 2.58. The predicted molar refractivity (Wildman–Crippen MR) is 88.5 cm³/mol. The molecule has 0 spiro atoms. The largest absolute Gasteiger partial charge is 0.468 e. The second-order valence-corrected chi connectivity index (χ2v) is 5.77. The van der Waals surface area contributed by atoms with Crippen LogP contribution in [0.2, 0.25) is 0 Å². The zero-order valence-corrected chi connectivity index (χ0v) is 13.7. The number of aryl methyl sites for hydroxylation is 1. The number of furan rings is 1. The van der Waals surface area contributed by atoms with Crippen LogP contribution in [0, 0.1) is 0 Å². The number of allylic oxidation sites excluding steroid dienone is 1. The normalized spacial score (nSPS) is 14.2. The van der Waals surface area contributed by atoms with E-state index in [0.717, 1.165) is 25.1 Å². The molecule has 0 saturated carbocycles. The van der Waals surface area contributed by atoms with Gasteiger partial charge in [0.15, 0.2) is 0 Å². The van der Waals surface area contributed by atoms with Crippen molar-refractivity contribution in [3.8, 4) is 0 Å². The van der Waals surface area contributed by atoms with Crippen molar-refractivity contribution in [1.29, 1.82) is 0 Å². The molecule has 22 heavy (non-hydrogen) atoms. The van der Waals surface area contributed by atoms with Gasteiger partial charge in [0.1, 0.15) is 5.76 Å². The van der Waals surface area contributed by atoms with Crippen molar-refractivity contribution in [2.24, 2.45) is 7.05 Å². The Kier molecular flexibility index (Phi) is 5.98. The molecule has 0 aliphatic heterocycles. The average molecular weight is 302 g/mol. The average Bonchev–Trinajstić information content (AvgIpc) is 3.14. The molecular weight excluding hydrogens is 276 g/mol. The molecule has 120 valence electrons. The van der Waals surface area contributed by atoms with Gasteiger partial charge < -0.3 is 14.6 Å². The van der Waals surface area contributed by atoms with Crippen LogP contribution < -0.4 is 5.32 Å². The smallest absolute Gasteiger partial charge is 0.120 e. The zero-order valence-electron chi connectivity index (χ0n) is 13.7. The van der Waals surface area contributed by atoms with Gasteiger partial charge in [0.05, 0.1) is 18.5 Å². The first-order valence-corrected chi connectivity index (χ1v) is 7.64. The van der Waals surface area contributed by atoms with Crippen LogP contribution in [0.4, 0.5) is 0 Å². The van der Waals surface area contributed by atoms with E-state index in [1.165, 1.54) is 5.56 Å². The minimum absolute atomic E-state index is 0.201. The molecular formula is C17H26N4O. The van der Waals surface area contributed by atoms with Crippen LogP contribution in [0.5, 0.6) is 0 Å². The maximum Gasteiger partial charge on any atom is 0.120 e. The fourth-order valence-corrected chi connectivity index (χ4v) is 2.58. The molecule has 0 aliphatic rings. The Bertz CT molecular complexity index is 559. The number of nitrogens with one attached hydrogen (secondary N) is 1. The third-order valence-electron chi connectivity index (χ3n) is 3.84. The molecule has 2 aromatic rings. The second kappa shape index (κ2) is 7.96. The van der Waals surface area contributed by atoms with Crippen LogP contribution in [-0.4, -0.2) is 35.3 Å². The third kappa shape index (κ3) is 4.32. The first kappa shape index (κ1) is 16.5. The van der Waals surface area contributed by atoms with Crippen molar-refractivity contribution >= 4 is 0 Å². The summed E-state index contributed by atoms with van der Waals surface area (Å²) in [5.74, 6) is 0.977. The maximum atomic E-state index is 5.57. The lowest BCUT2D eigenvalue weighted by molar-refractivity contribution is 0.270. The second-order valence-electron chi connectivity index (χ2n) is 5.77. The molecule has 0 fully saturated rings. The Morgan fingerprint density at radius 1 is 1.50 bits per heavy atom. The van der Waals surface area contributed by atoms with E-state index in [-0.39, 0.29) is 12.1 Å². The first-order chi connectivity index (χ1) is 10.6. The Morgan fingerprint density at radius 2 is 2.32 bits per heavy atom. The molecule has 2 heterocycles. The zero-order chi connectivity index (χ0) is 15.9. The van der Waals surface area contributed by atoms with E-state index in [2.05, 4.69) is 42.2 Å². The molecule has 1 N–H and O–H groups in total. The van der Waals surface area contributed by atoms with Crippen molar-refractivity contribution < 1.29 is 4.42 Å². The summed E-state index contributed by atoms with van der Waals surface area (Å²) >= 11 is 0. The SMILES string of the molecule is C=CCC[C@H](NC[C@H](c1cnn(C)c1)N(C)C)c1ccco1. The molecule has 2 aromatic heterocycles. The third-order valence-corrected chi connectivity index (χ3v) is 3.84. The summed E-state index contributed by atoms with van der Waals surface area (Å²) in [7, 11) is 6.12. The Labute approximate surface area is 132 Å². The van der Waals surface area contributed by atoms with Gasteiger partial charge in [-0.1, -0.05) is 6.08 Å². The molecule has 0 aromatic carbocycles. The van der Waals surface area contributed by atoms with Gasteiger partial charge in [0, 0.05) is 31.4 Å². The van der Waals surface area contributed by atoms with Crippen molar-refractivity contribution in [1.82, 2.24) is 20.0 Å². The minimum Gasteiger partial charge on any atom is -0.468 e. The number of hydrogen-bond donors (Lipinski definition) is 1. The molecule has 0 aliphatic carbocycles. The molecule has 2 rings (SSSR count). The molecule has 0 bridgehead atoms. The van der Waals surface area contributed by atoms with Crippen LogP contribution in [-0.2, 0) is 7.05 Å². The highest BCUT2D eigenvalue weighted by Crippen LogP contribution is 2.22. The summed E-state index contributed by atoms with van der Waals surface area (Å²) in [5, 5.41) is 7.90. The summed E-state index contributed by atoms with van der Waals surface area (Å²) in [4.78, 5) is 2.21. The number of rotatable bonds is 9. The molecule has 0 saturated heterocycles. The number of nitrogens with zero attached hydrogens (tertiary/aromatic N) is 3. The quantitative estimate of drug-likeness (QED) is 0.724. The van der Waals surface area contributed by atoms with E-state index in [1.54, 1.807) is 6.26 Å². The molecule has 0 unspecified atom stereocenters. The van der Waals surface area contributed by atoms with E-state index in [4.69, 9.17) is 4.42 Å². The minimum atomic E-state index is 0.201. The van der Waals surface area contributed by atoms with Gasteiger partial charge in [0.25, 0.3) is 0 Å². The van der Waals surface area contributed by atoms with E-state index in [1.807, 2.05) is 36.1 Å². The van der Waals surface area contributed by atoms with Gasteiger partial charge in [-0.3, -0.25) is 4.68 Å². The highest BCUT2D eigenvalue weighted by molar-refractivity contribution is 5.12. The highest BCUT2D eigenvalue weighted by atomic mass is 16.3. The topological polar surface area (TPSA) is 46.2 Å². The summed E-state index contributed by atoms with van der Waals surface area (Å²) in [5.41, 5.74) is 1.21. The van der Waals surface area contributed by atoms with Gasteiger partial charge >= 0.3 is 0 Å². The van der Waals surface area contributed by atoms with Crippen LogP contribution in [0.1, 0.15) is 36.2 Å². The summed E-state index contributed by atoms with van der Waals surface area (Å²) in [6, 6.07) is 4.43. The monoisotopic (exact) mass is 302 g/mol. The molecule has 5 heteroatoms. The lowest BCUT2D eigenvalue weighted by atomic mass is 10.1. The molecule has 2 atom stereocenters. The van der Waals surface area contributed by atoms with Gasteiger partial charge in [-0.15, -0.1) is 6.58 Å². The van der Waals surface area contributed by atoms with Gasteiger partial charge in [-0.05, 0) is 39.1 Å². The van der Waals surface area contributed by atoms with Crippen molar-refractivity contribution in [2.75, 3.05) is 20.6 Å². The van der Waals surface area contributed by atoms with Gasteiger partial charge in [-0.2, -0.15) is 5.10 Å². The standard InChI is InChI=1S/C17H26N4O/c1-5-6-8-15(17-9-7-10-22-17)18-12-16(20(2)3)14-11-19-21(4)13-14/h5,7,9-11,13,15-16,18H,1,6,8,12H2,2-4H3/t15-,16+/m0/s1. The predicted octanol–water partition coefficient (Wildman–Crippen LogP) is 2.91. The van der Waals surface area contributed by atoms with Crippen molar-refractivity contribution in [3.05, 3.63) is 54.8 Å². The van der Waals surface area contributed by atoms with Crippen LogP contribution in [0.25, 0.3) is 0 Å². The van der Waals surface area contributed by atoms with Crippen molar-refractivity contribution in [3.63, 3.8) is 0 Å². The number of aromatic nitrogens is 2. The Balaban J connectivity index is 2.03. The van der Waals surface area contributed by atoms with Gasteiger partial charge in [0.2, 0.25) is 0 Å². The highest BCUT2D eigenvalue weighted by Gasteiger charge is 2.19. The Morgan fingerprint density at radius 3 is 2.86 bits per heavy atom. The van der Waals surface area contributed by atoms with Crippen LogP contribution in [0.3, 0.4) is 0 Å². The Hall–Kier alpha value is -1.85. The summed E-state index contributed by atoms with van der Waals surface area (Å²) in [6.45, 7) is 4.64. The molecule has 5 nitrogen and oxygen atoms in total. The molecule has 0 amide bonds. The summed E-state index contributed by atoms with van der Waals surface area (Å²) < 4.78 is 7.41. The van der Waals surface area contributed by atoms with E-state index < -0.39 is 0 Å². The first-order valence-electron chi connectivity index (χ1n) is 7.64. The summed E-state index contributed by atoms with van der Waals surface area (Å²) in [6.07, 6.45) is 9.60. The fraction of sp³-hybridized carbons (Fsp3) is 0.471. The van der Waals surface area contributed by atoms with Crippen molar-refractivity contribution in [2.45, 2.75) is 24.9 Å². The number of likely N-dealkylation sites (N-methyl/N-ethyl adjacent to an activating group) is 1.